The maximum Gasteiger partial charge on any atom is -0.00919 e. The third kappa shape index (κ3) is 5.00. The van der Waals surface area contributed by atoms with Crippen LogP contribution in [-0.2, 0) is 0 Å². The Kier molecular flexibility index (Phi) is 7.93. The monoisotopic (exact) mass is 300 g/mol. The summed E-state index contributed by atoms with van der Waals surface area (Å²) in [7, 11) is 0. The average Bonchev–Trinajstić information content (AvgIpc) is 3.33. The molecule has 1 aliphatic rings. The fourth-order valence-electron chi connectivity index (χ4n) is 4.06. The first-order valence-corrected chi connectivity index (χ1v) is 9.13. The second-order valence-corrected chi connectivity index (χ2v) is 6.98. The predicted octanol–water partition coefficient (Wildman–Crippen LogP) is 6.97. The SMILES string of the molecule is C=CC(CC)C(C(C)C=C(C)C1=CC1)C(C)C(C=CC)CC. The van der Waals surface area contributed by atoms with Gasteiger partial charge in [-0.3, -0.25) is 0 Å². The quantitative estimate of drug-likeness (QED) is 0.382. The molecular formula is C22H36. The van der Waals surface area contributed by atoms with E-state index in [1.807, 2.05) is 0 Å². The minimum atomic E-state index is 0.596. The molecule has 0 bridgehead atoms. The lowest BCUT2D eigenvalue weighted by Crippen LogP contribution is -2.30. The van der Waals surface area contributed by atoms with Crippen molar-refractivity contribution in [2.45, 2.75) is 60.8 Å². The number of rotatable bonds is 10. The Hall–Kier alpha value is -1.04. The summed E-state index contributed by atoms with van der Waals surface area (Å²) >= 11 is 0. The summed E-state index contributed by atoms with van der Waals surface area (Å²) in [4.78, 5) is 0. The molecule has 0 fully saturated rings. The van der Waals surface area contributed by atoms with E-state index in [0.29, 0.717) is 29.6 Å². The lowest BCUT2D eigenvalue weighted by Gasteiger charge is -2.37. The molecule has 1 aliphatic carbocycles. The molecule has 0 nitrogen and oxygen atoms in total. The van der Waals surface area contributed by atoms with Crippen molar-refractivity contribution in [3.8, 4) is 0 Å². The number of allylic oxidation sites excluding steroid dienone is 7. The Morgan fingerprint density at radius 2 is 1.82 bits per heavy atom. The lowest BCUT2D eigenvalue weighted by molar-refractivity contribution is 0.176. The van der Waals surface area contributed by atoms with E-state index in [-0.39, 0.29) is 0 Å². The Labute approximate surface area is 139 Å². The van der Waals surface area contributed by atoms with Crippen LogP contribution in [0.2, 0.25) is 0 Å². The van der Waals surface area contributed by atoms with Crippen LogP contribution in [0.4, 0.5) is 0 Å². The first-order valence-electron chi connectivity index (χ1n) is 9.13. The third-order valence-electron chi connectivity index (χ3n) is 5.50. The van der Waals surface area contributed by atoms with Crippen molar-refractivity contribution in [1.29, 1.82) is 0 Å². The van der Waals surface area contributed by atoms with Crippen molar-refractivity contribution in [2.24, 2.45) is 29.6 Å². The van der Waals surface area contributed by atoms with Crippen LogP contribution in [0.1, 0.15) is 60.8 Å². The minimum absolute atomic E-state index is 0.596. The van der Waals surface area contributed by atoms with Gasteiger partial charge in [-0.05, 0) is 68.3 Å². The maximum atomic E-state index is 4.13. The Bertz CT molecular complexity index is 435. The first kappa shape index (κ1) is 19.0. The fourth-order valence-corrected chi connectivity index (χ4v) is 4.06. The van der Waals surface area contributed by atoms with Gasteiger partial charge in [-0.25, -0.2) is 0 Å². The Morgan fingerprint density at radius 3 is 2.23 bits per heavy atom. The van der Waals surface area contributed by atoms with Crippen LogP contribution in [0.25, 0.3) is 0 Å². The van der Waals surface area contributed by atoms with Gasteiger partial charge in [0.25, 0.3) is 0 Å². The molecule has 0 radical (unpaired) electrons. The lowest BCUT2D eigenvalue weighted by atomic mass is 9.68. The Balaban J connectivity index is 3.02. The van der Waals surface area contributed by atoms with E-state index in [2.05, 4.69) is 78.5 Å². The van der Waals surface area contributed by atoms with E-state index in [1.54, 1.807) is 5.57 Å². The highest BCUT2D eigenvalue weighted by Crippen LogP contribution is 2.39. The maximum absolute atomic E-state index is 4.13. The van der Waals surface area contributed by atoms with Crippen LogP contribution in [0.5, 0.6) is 0 Å². The highest BCUT2D eigenvalue weighted by Gasteiger charge is 2.31. The molecule has 1 rings (SSSR count). The molecule has 0 spiro atoms. The van der Waals surface area contributed by atoms with Crippen molar-refractivity contribution in [1.82, 2.24) is 0 Å². The van der Waals surface area contributed by atoms with Crippen LogP contribution >= 0.6 is 0 Å². The minimum Gasteiger partial charge on any atom is -0.103 e. The first-order chi connectivity index (χ1) is 10.5. The molecule has 5 unspecified atom stereocenters. The van der Waals surface area contributed by atoms with Gasteiger partial charge in [-0.15, -0.1) is 6.58 Å². The van der Waals surface area contributed by atoms with Crippen LogP contribution < -0.4 is 0 Å². The smallest absolute Gasteiger partial charge is 0.00919 e. The van der Waals surface area contributed by atoms with Crippen LogP contribution in [0, 0.1) is 29.6 Å². The predicted molar refractivity (Wildman–Crippen MR) is 101 cm³/mol. The Morgan fingerprint density at radius 1 is 1.23 bits per heavy atom. The van der Waals surface area contributed by atoms with Crippen LogP contribution in [0.3, 0.4) is 0 Å². The van der Waals surface area contributed by atoms with E-state index in [1.165, 1.54) is 24.8 Å². The normalized spacial score (nSPS) is 21.9. The average molecular weight is 301 g/mol. The summed E-state index contributed by atoms with van der Waals surface area (Å²) in [6, 6.07) is 0. The molecule has 0 N–H and O–H groups in total. The zero-order valence-electron chi connectivity index (χ0n) is 15.6. The highest BCUT2D eigenvalue weighted by molar-refractivity contribution is 5.41. The van der Waals surface area contributed by atoms with Gasteiger partial charge in [-0.1, -0.05) is 63.6 Å². The molecule has 0 heteroatoms. The van der Waals surface area contributed by atoms with Gasteiger partial charge in [0.2, 0.25) is 0 Å². The van der Waals surface area contributed by atoms with Crippen molar-refractivity contribution in [3.63, 3.8) is 0 Å². The summed E-state index contributed by atoms with van der Waals surface area (Å²) in [5.74, 6) is 3.20. The molecule has 5 atom stereocenters. The van der Waals surface area contributed by atoms with Crippen molar-refractivity contribution in [3.05, 3.63) is 48.1 Å². The number of hydrogen-bond donors (Lipinski definition) is 0. The summed E-state index contributed by atoms with van der Waals surface area (Å²) in [6.45, 7) is 18.0. The summed E-state index contributed by atoms with van der Waals surface area (Å²) in [5, 5.41) is 0. The van der Waals surface area contributed by atoms with Gasteiger partial charge in [0.15, 0.2) is 0 Å². The van der Waals surface area contributed by atoms with E-state index in [0.717, 1.165) is 0 Å². The van der Waals surface area contributed by atoms with Gasteiger partial charge in [0, 0.05) is 0 Å². The van der Waals surface area contributed by atoms with Crippen molar-refractivity contribution >= 4 is 0 Å². The number of hydrogen-bond acceptors (Lipinski definition) is 0. The second kappa shape index (κ2) is 9.18. The zero-order valence-corrected chi connectivity index (χ0v) is 15.6. The topological polar surface area (TPSA) is 0 Å². The van der Waals surface area contributed by atoms with Crippen LogP contribution in [0.15, 0.2) is 48.1 Å². The molecular weight excluding hydrogens is 264 g/mol. The van der Waals surface area contributed by atoms with E-state index >= 15 is 0 Å². The molecule has 0 aromatic rings. The molecule has 124 valence electrons. The highest BCUT2D eigenvalue weighted by atomic mass is 14.4. The fraction of sp³-hybridized carbons (Fsp3) is 0.636. The van der Waals surface area contributed by atoms with Gasteiger partial charge in [0.05, 0.1) is 0 Å². The van der Waals surface area contributed by atoms with E-state index < -0.39 is 0 Å². The molecule has 22 heavy (non-hydrogen) atoms. The summed E-state index contributed by atoms with van der Waals surface area (Å²) < 4.78 is 0. The molecule has 0 saturated heterocycles. The molecule has 0 aromatic carbocycles. The molecule has 0 heterocycles. The zero-order chi connectivity index (χ0) is 16.7. The molecule has 0 aliphatic heterocycles. The summed E-state index contributed by atoms with van der Waals surface area (Å²) in [6.07, 6.45) is 15.3. The van der Waals surface area contributed by atoms with Crippen molar-refractivity contribution in [2.75, 3.05) is 0 Å². The second-order valence-electron chi connectivity index (χ2n) is 6.98. The van der Waals surface area contributed by atoms with E-state index in [9.17, 15) is 0 Å². The molecule has 0 aromatic heterocycles. The van der Waals surface area contributed by atoms with Gasteiger partial charge in [0.1, 0.15) is 0 Å². The van der Waals surface area contributed by atoms with Gasteiger partial charge in [-0.2, -0.15) is 0 Å². The van der Waals surface area contributed by atoms with E-state index in [4.69, 9.17) is 0 Å². The third-order valence-corrected chi connectivity index (χ3v) is 5.50. The van der Waals surface area contributed by atoms with Crippen molar-refractivity contribution < 1.29 is 0 Å². The molecule has 0 saturated carbocycles. The summed E-state index contributed by atoms with van der Waals surface area (Å²) in [5.41, 5.74) is 3.04. The largest absolute Gasteiger partial charge is 0.103 e. The molecule has 0 amide bonds. The van der Waals surface area contributed by atoms with Gasteiger partial charge < -0.3 is 0 Å². The van der Waals surface area contributed by atoms with Gasteiger partial charge >= 0.3 is 0 Å². The van der Waals surface area contributed by atoms with Crippen LogP contribution in [-0.4, -0.2) is 0 Å². The standard InChI is InChI=1S/C22H36/c1-8-12-20(11-4)18(7)22(19(9-2)10-3)17(6)15-16(5)21-13-14-21/h8-9,12-13,15,17-20,22H,2,10-11,14H2,1,3-7H3.